The maximum atomic E-state index is 12.8. The van der Waals surface area contributed by atoms with Crippen LogP contribution >= 0.6 is 11.3 Å². The van der Waals surface area contributed by atoms with E-state index in [1.807, 2.05) is 42.3 Å². The second-order valence-electron chi connectivity index (χ2n) is 7.92. The number of nitrogens with zero attached hydrogens (tertiary/aromatic N) is 2. The van der Waals surface area contributed by atoms with E-state index >= 15 is 0 Å². The second-order valence-corrected chi connectivity index (χ2v) is 11.2. The van der Waals surface area contributed by atoms with Gasteiger partial charge in [-0.1, -0.05) is 31.4 Å². The van der Waals surface area contributed by atoms with Crippen LogP contribution in [0.25, 0.3) is 10.4 Å². The number of rotatable bonds is 5. The van der Waals surface area contributed by atoms with Gasteiger partial charge in [-0.25, -0.2) is 8.42 Å². The zero-order chi connectivity index (χ0) is 21.1. The first kappa shape index (κ1) is 21.5. The summed E-state index contributed by atoms with van der Waals surface area (Å²) in [6.07, 6.45) is 5.80. The first-order valence-electron chi connectivity index (χ1n) is 10.5. The number of carbonyl (C=O) groups is 1. The van der Waals surface area contributed by atoms with E-state index in [1.54, 1.807) is 6.07 Å². The summed E-state index contributed by atoms with van der Waals surface area (Å²) in [5, 5.41) is 0. The molecule has 8 heteroatoms. The second kappa shape index (κ2) is 9.18. The minimum atomic E-state index is -3.48. The number of ether oxygens (including phenoxy) is 1. The Morgan fingerprint density at radius 2 is 1.70 bits per heavy atom. The third-order valence-electron chi connectivity index (χ3n) is 6.00. The molecule has 2 aliphatic rings. The van der Waals surface area contributed by atoms with Gasteiger partial charge >= 0.3 is 0 Å². The van der Waals surface area contributed by atoms with E-state index in [0.29, 0.717) is 42.1 Å². The Hall–Kier alpha value is -1.74. The number of carbonyl (C=O) groups excluding carboxylic acids is 1. The van der Waals surface area contributed by atoms with Crippen molar-refractivity contribution in [2.24, 2.45) is 0 Å². The Morgan fingerprint density at radius 3 is 2.37 bits per heavy atom. The highest BCUT2D eigenvalue weighted by atomic mass is 32.2. The molecule has 2 heterocycles. The number of benzene rings is 1. The van der Waals surface area contributed by atoms with Crippen LogP contribution in [-0.2, 0) is 14.8 Å². The van der Waals surface area contributed by atoms with Crippen LogP contribution in [0.3, 0.4) is 0 Å². The van der Waals surface area contributed by atoms with E-state index in [9.17, 15) is 13.2 Å². The van der Waals surface area contributed by atoms with Gasteiger partial charge in [-0.15, -0.1) is 11.3 Å². The average molecular weight is 449 g/mol. The van der Waals surface area contributed by atoms with Gasteiger partial charge < -0.3 is 9.64 Å². The van der Waals surface area contributed by atoms with Gasteiger partial charge in [0.1, 0.15) is 4.21 Å². The maximum Gasteiger partial charge on any atom is 0.253 e. The molecular formula is C22H28N2O4S2. The van der Waals surface area contributed by atoms with Crippen LogP contribution < -0.4 is 0 Å². The number of hydrogen-bond donors (Lipinski definition) is 0. The van der Waals surface area contributed by atoms with Crippen molar-refractivity contribution in [3.05, 3.63) is 42.0 Å². The molecule has 1 aliphatic heterocycles. The molecule has 2 aromatic rings. The van der Waals surface area contributed by atoms with Crippen LogP contribution in [0.15, 0.2) is 40.6 Å². The van der Waals surface area contributed by atoms with E-state index < -0.39 is 10.0 Å². The van der Waals surface area contributed by atoms with Crippen molar-refractivity contribution in [3.8, 4) is 10.4 Å². The van der Waals surface area contributed by atoms with Crippen LogP contribution in [0.5, 0.6) is 0 Å². The van der Waals surface area contributed by atoms with Gasteiger partial charge in [-0.3, -0.25) is 4.79 Å². The molecule has 1 aromatic heterocycles. The molecule has 4 rings (SSSR count). The molecule has 1 saturated carbocycles. The van der Waals surface area contributed by atoms with Crippen molar-refractivity contribution >= 4 is 27.3 Å². The summed E-state index contributed by atoms with van der Waals surface area (Å²) in [7, 11) is -1.59. The zero-order valence-corrected chi connectivity index (χ0v) is 18.9. The molecule has 0 bridgehead atoms. The van der Waals surface area contributed by atoms with Gasteiger partial charge in [-0.2, -0.15) is 4.31 Å². The van der Waals surface area contributed by atoms with Crippen molar-refractivity contribution in [1.29, 1.82) is 0 Å². The fourth-order valence-electron chi connectivity index (χ4n) is 4.14. The molecule has 2 fully saturated rings. The number of thiophene rings is 1. The largest absolute Gasteiger partial charge is 0.379 e. The topological polar surface area (TPSA) is 66.9 Å². The Bertz CT molecular complexity index is 973. The Balaban J connectivity index is 1.47. The third-order valence-corrected chi connectivity index (χ3v) is 9.51. The number of amides is 1. The van der Waals surface area contributed by atoms with Crippen LogP contribution in [0, 0.1) is 0 Å². The Kier molecular flexibility index (Phi) is 6.57. The summed E-state index contributed by atoms with van der Waals surface area (Å²) < 4.78 is 32.7. The standard InChI is InChI=1S/C22H28N2O4S2/c1-23(19-5-3-2-4-6-19)22(25)18-9-7-17(8-10-18)20-11-12-21(29-20)30(26,27)24-13-15-28-16-14-24/h7-12,19H,2-6,13-16H2,1H3. The molecule has 1 aromatic carbocycles. The third kappa shape index (κ3) is 4.46. The van der Waals surface area contributed by atoms with Crippen molar-refractivity contribution in [1.82, 2.24) is 9.21 Å². The molecule has 0 radical (unpaired) electrons. The van der Waals surface area contributed by atoms with E-state index in [0.717, 1.165) is 23.3 Å². The van der Waals surface area contributed by atoms with Crippen LogP contribution in [0.4, 0.5) is 0 Å². The SMILES string of the molecule is CN(C(=O)c1ccc(-c2ccc(S(=O)(=O)N3CCOCC3)s2)cc1)C1CCCCC1. The fraction of sp³-hybridized carbons (Fsp3) is 0.500. The molecule has 30 heavy (non-hydrogen) atoms. The van der Waals surface area contributed by atoms with Crippen molar-refractivity contribution in [2.75, 3.05) is 33.4 Å². The van der Waals surface area contributed by atoms with Crippen LogP contribution in [0.1, 0.15) is 42.5 Å². The minimum absolute atomic E-state index is 0.0511. The first-order chi connectivity index (χ1) is 14.5. The summed E-state index contributed by atoms with van der Waals surface area (Å²) >= 11 is 1.26. The summed E-state index contributed by atoms with van der Waals surface area (Å²) in [5.41, 5.74) is 1.59. The number of morpholine rings is 1. The highest BCUT2D eigenvalue weighted by Crippen LogP contribution is 2.33. The molecule has 1 amide bonds. The lowest BCUT2D eigenvalue weighted by Gasteiger charge is -2.31. The van der Waals surface area contributed by atoms with Gasteiger partial charge in [-0.05, 0) is 42.7 Å². The predicted octanol–water partition coefficient (Wildman–Crippen LogP) is 3.84. The molecule has 0 unspecified atom stereocenters. The van der Waals surface area contributed by atoms with E-state index in [-0.39, 0.29) is 5.91 Å². The Morgan fingerprint density at radius 1 is 1.03 bits per heavy atom. The van der Waals surface area contributed by atoms with Gasteiger partial charge in [0, 0.05) is 36.6 Å². The average Bonchev–Trinajstić information content (AvgIpc) is 3.31. The summed E-state index contributed by atoms with van der Waals surface area (Å²) in [4.78, 5) is 15.6. The summed E-state index contributed by atoms with van der Waals surface area (Å²) in [5.74, 6) is 0.0511. The molecule has 0 N–H and O–H groups in total. The normalized spacial score (nSPS) is 19.0. The minimum Gasteiger partial charge on any atom is -0.379 e. The quantitative estimate of drug-likeness (QED) is 0.697. The van der Waals surface area contributed by atoms with E-state index in [1.165, 1.54) is 34.9 Å². The number of sulfonamides is 1. The van der Waals surface area contributed by atoms with Gasteiger partial charge in [0.05, 0.1) is 13.2 Å². The smallest absolute Gasteiger partial charge is 0.253 e. The van der Waals surface area contributed by atoms with Crippen LogP contribution in [-0.4, -0.2) is 62.9 Å². The molecular weight excluding hydrogens is 420 g/mol. The number of hydrogen-bond acceptors (Lipinski definition) is 5. The molecule has 162 valence electrons. The van der Waals surface area contributed by atoms with Gasteiger partial charge in [0.25, 0.3) is 15.9 Å². The first-order valence-corrected chi connectivity index (χ1v) is 12.8. The fourth-order valence-corrected chi connectivity index (χ4v) is 7.02. The van der Waals surface area contributed by atoms with E-state index in [2.05, 4.69) is 0 Å². The molecule has 1 aliphatic carbocycles. The maximum absolute atomic E-state index is 12.8. The van der Waals surface area contributed by atoms with Crippen molar-refractivity contribution in [3.63, 3.8) is 0 Å². The van der Waals surface area contributed by atoms with Gasteiger partial charge in [0.15, 0.2) is 0 Å². The van der Waals surface area contributed by atoms with E-state index in [4.69, 9.17) is 4.74 Å². The summed E-state index contributed by atoms with van der Waals surface area (Å²) in [6, 6.07) is 11.3. The molecule has 0 atom stereocenters. The van der Waals surface area contributed by atoms with Crippen LogP contribution in [0.2, 0.25) is 0 Å². The summed E-state index contributed by atoms with van der Waals surface area (Å²) in [6.45, 7) is 1.65. The highest BCUT2D eigenvalue weighted by Gasteiger charge is 2.28. The molecule has 6 nitrogen and oxygen atoms in total. The van der Waals surface area contributed by atoms with Crippen molar-refractivity contribution < 1.29 is 17.9 Å². The lowest BCUT2D eigenvalue weighted by molar-refractivity contribution is 0.0696. The monoisotopic (exact) mass is 448 g/mol. The van der Waals surface area contributed by atoms with Gasteiger partial charge in [0.2, 0.25) is 0 Å². The Labute approximate surface area is 182 Å². The molecule has 0 spiro atoms. The molecule has 1 saturated heterocycles. The predicted molar refractivity (Wildman–Crippen MR) is 118 cm³/mol. The highest BCUT2D eigenvalue weighted by molar-refractivity contribution is 7.91. The van der Waals surface area contributed by atoms with Crippen molar-refractivity contribution in [2.45, 2.75) is 42.4 Å². The lowest BCUT2D eigenvalue weighted by Crippen LogP contribution is -2.40. The lowest BCUT2D eigenvalue weighted by atomic mass is 9.94. The zero-order valence-electron chi connectivity index (χ0n) is 17.2.